The van der Waals surface area contributed by atoms with E-state index in [0.29, 0.717) is 11.9 Å². The summed E-state index contributed by atoms with van der Waals surface area (Å²) < 4.78 is 0. The zero-order valence-corrected chi connectivity index (χ0v) is 15.0. The normalized spacial score (nSPS) is 14.8. The van der Waals surface area contributed by atoms with Crippen LogP contribution in [-0.2, 0) is 19.4 Å². The van der Waals surface area contributed by atoms with Crippen molar-refractivity contribution in [3.05, 3.63) is 58.0 Å². The molecule has 1 unspecified atom stereocenters. The Kier molecular flexibility index (Phi) is 4.72. The van der Waals surface area contributed by atoms with E-state index >= 15 is 0 Å². The first-order chi connectivity index (χ1) is 12.3. The molecule has 1 aliphatic heterocycles. The molecule has 0 saturated carbocycles. The summed E-state index contributed by atoms with van der Waals surface area (Å²) >= 11 is 1.74. The molecule has 3 aromatic heterocycles. The molecule has 0 amide bonds. The smallest absolute Gasteiger partial charge is 0.180 e. The number of anilines is 1. The Balaban J connectivity index is 1.65. The van der Waals surface area contributed by atoms with Gasteiger partial charge in [0.2, 0.25) is 0 Å². The molecule has 0 spiro atoms. The van der Waals surface area contributed by atoms with Crippen molar-refractivity contribution >= 4 is 17.2 Å². The second kappa shape index (κ2) is 7.29. The van der Waals surface area contributed by atoms with Gasteiger partial charge in [0.15, 0.2) is 5.82 Å². The van der Waals surface area contributed by atoms with Gasteiger partial charge in [-0.1, -0.05) is 6.07 Å². The Morgan fingerprint density at radius 1 is 1.28 bits per heavy atom. The van der Waals surface area contributed by atoms with Gasteiger partial charge < -0.3 is 10.6 Å². The third-order valence-corrected chi connectivity index (χ3v) is 5.07. The van der Waals surface area contributed by atoms with E-state index < -0.39 is 0 Å². The summed E-state index contributed by atoms with van der Waals surface area (Å²) in [5.41, 5.74) is 4.48. The van der Waals surface area contributed by atoms with Crippen LogP contribution in [0.15, 0.2) is 41.2 Å². The second-order valence-electron chi connectivity index (χ2n) is 6.34. The summed E-state index contributed by atoms with van der Waals surface area (Å²) in [4.78, 5) is 14.0. The molecule has 0 saturated heterocycles. The molecule has 0 bridgehead atoms. The maximum atomic E-state index is 4.82. The molecule has 3 aromatic rings. The van der Waals surface area contributed by atoms with Crippen LogP contribution in [0, 0.1) is 0 Å². The number of thiophene rings is 1. The molecule has 128 valence electrons. The molecule has 25 heavy (non-hydrogen) atoms. The fraction of sp³-hybridized carbons (Fsp3) is 0.316. The Hall–Kier alpha value is -2.31. The summed E-state index contributed by atoms with van der Waals surface area (Å²) in [5.74, 6) is 1.64. The van der Waals surface area contributed by atoms with Gasteiger partial charge in [0, 0.05) is 24.3 Å². The zero-order chi connectivity index (χ0) is 17.1. The highest BCUT2D eigenvalue weighted by Crippen LogP contribution is 2.25. The van der Waals surface area contributed by atoms with Gasteiger partial charge in [-0.25, -0.2) is 9.97 Å². The van der Waals surface area contributed by atoms with Crippen LogP contribution in [0.25, 0.3) is 11.5 Å². The van der Waals surface area contributed by atoms with Gasteiger partial charge in [-0.05, 0) is 60.8 Å². The summed E-state index contributed by atoms with van der Waals surface area (Å²) in [6, 6.07) is 8.32. The molecular formula is C19H21N5S. The lowest BCUT2D eigenvalue weighted by Crippen LogP contribution is -2.28. The van der Waals surface area contributed by atoms with Crippen LogP contribution in [-0.4, -0.2) is 27.5 Å². The Morgan fingerprint density at radius 3 is 3.04 bits per heavy atom. The van der Waals surface area contributed by atoms with Crippen molar-refractivity contribution in [3.63, 3.8) is 0 Å². The van der Waals surface area contributed by atoms with E-state index in [2.05, 4.69) is 39.4 Å². The van der Waals surface area contributed by atoms with E-state index in [1.807, 2.05) is 18.2 Å². The minimum atomic E-state index is 0.306. The molecule has 4 rings (SSSR count). The van der Waals surface area contributed by atoms with E-state index in [0.717, 1.165) is 43.1 Å². The van der Waals surface area contributed by atoms with Crippen molar-refractivity contribution in [1.29, 1.82) is 0 Å². The summed E-state index contributed by atoms with van der Waals surface area (Å²) in [7, 11) is 0. The first-order valence-corrected chi connectivity index (χ1v) is 9.53. The number of nitrogens with one attached hydrogen (secondary N) is 2. The number of aromatic nitrogens is 3. The second-order valence-corrected chi connectivity index (χ2v) is 7.12. The molecular weight excluding hydrogens is 330 g/mol. The molecule has 1 aliphatic rings. The third-order valence-electron chi connectivity index (χ3n) is 4.34. The summed E-state index contributed by atoms with van der Waals surface area (Å²) in [5, 5.41) is 11.3. The van der Waals surface area contributed by atoms with Crippen molar-refractivity contribution in [1.82, 2.24) is 20.3 Å². The molecule has 0 radical (unpaired) electrons. The average molecular weight is 351 g/mol. The standard InChI is InChI=1S/C19H21N5S/c1-13(10-14-6-9-25-12-14)22-18-15-5-8-20-11-17(15)23-19(24-18)16-4-2-3-7-21-16/h2-4,6-7,9,12-13,20H,5,8,10-11H2,1H3,(H,22,23,24). The minimum absolute atomic E-state index is 0.306. The van der Waals surface area contributed by atoms with Gasteiger partial charge >= 0.3 is 0 Å². The van der Waals surface area contributed by atoms with Crippen molar-refractivity contribution in [2.75, 3.05) is 11.9 Å². The van der Waals surface area contributed by atoms with Crippen LogP contribution in [0.1, 0.15) is 23.7 Å². The van der Waals surface area contributed by atoms with Gasteiger partial charge in [0.05, 0.1) is 5.69 Å². The van der Waals surface area contributed by atoms with Crippen LogP contribution in [0.4, 0.5) is 5.82 Å². The quantitative estimate of drug-likeness (QED) is 0.738. The Labute approximate surface area is 151 Å². The number of rotatable bonds is 5. The van der Waals surface area contributed by atoms with Crippen molar-refractivity contribution in [2.24, 2.45) is 0 Å². The molecule has 0 aliphatic carbocycles. The molecule has 6 heteroatoms. The lowest BCUT2D eigenvalue weighted by atomic mass is 10.1. The fourth-order valence-corrected chi connectivity index (χ4v) is 3.82. The van der Waals surface area contributed by atoms with Crippen LogP contribution in [0.2, 0.25) is 0 Å². The first-order valence-electron chi connectivity index (χ1n) is 8.59. The highest BCUT2D eigenvalue weighted by Gasteiger charge is 2.19. The fourth-order valence-electron chi connectivity index (χ4n) is 3.14. The Bertz CT molecular complexity index is 833. The van der Waals surface area contributed by atoms with E-state index in [1.165, 1.54) is 11.1 Å². The van der Waals surface area contributed by atoms with E-state index in [9.17, 15) is 0 Å². The SMILES string of the molecule is CC(Cc1ccsc1)Nc1nc(-c2ccccn2)nc2c1CCNC2. The van der Waals surface area contributed by atoms with Crippen molar-refractivity contribution < 1.29 is 0 Å². The number of nitrogens with zero attached hydrogens (tertiary/aromatic N) is 3. The highest BCUT2D eigenvalue weighted by molar-refractivity contribution is 7.07. The predicted octanol–water partition coefficient (Wildman–Crippen LogP) is 3.29. The van der Waals surface area contributed by atoms with E-state index in [4.69, 9.17) is 9.97 Å². The highest BCUT2D eigenvalue weighted by atomic mass is 32.1. The van der Waals surface area contributed by atoms with Crippen molar-refractivity contribution in [3.8, 4) is 11.5 Å². The monoisotopic (exact) mass is 351 g/mol. The first kappa shape index (κ1) is 16.2. The van der Waals surface area contributed by atoms with Gasteiger partial charge in [-0.15, -0.1) is 0 Å². The maximum absolute atomic E-state index is 4.82. The zero-order valence-electron chi connectivity index (χ0n) is 14.2. The summed E-state index contributed by atoms with van der Waals surface area (Å²) in [6.45, 7) is 3.95. The van der Waals surface area contributed by atoms with Crippen LogP contribution < -0.4 is 10.6 Å². The number of hydrogen-bond donors (Lipinski definition) is 2. The van der Waals surface area contributed by atoms with Gasteiger partial charge in [0.25, 0.3) is 0 Å². The van der Waals surface area contributed by atoms with Crippen molar-refractivity contribution in [2.45, 2.75) is 32.4 Å². The number of hydrogen-bond acceptors (Lipinski definition) is 6. The lowest BCUT2D eigenvalue weighted by molar-refractivity contribution is 0.623. The maximum Gasteiger partial charge on any atom is 0.180 e. The molecule has 0 aromatic carbocycles. The van der Waals surface area contributed by atoms with Gasteiger partial charge in [-0.2, -0.15) is 11.3 Å². The average Bonchev–Trinajstić information content (AvgIpc) is 3.15. The van der Waals surface area contributed by atoms with Gasteiger partial charge in [0.1, 0.15) is 11.5 Å². The molecule has 2 N–H and O–H groups in total. The minimum Gasteiger partial charge on any atom is -0.367 e. The molecule has 5 nitrogen and oxygen atoms in total. The topological polar surface area (TPSA) is 62.7 Å². The Morgan fingerprint density at radius 2 is 2.24 bits per heavy atom. The van der Waals surface area contributed by atoms with E-state index in [-0.39, 0.29) is 0 Å². The lowest BCUT2D eigenvalue weighted by Gasteiger charge is -2.23. The van der Waals surface area contributed by atoms with Crippen LogP contribution in [0.5, 0.6) is 0 Å². The molecule has 1 atom stereocenters. The third kappa shape index (κ3) is 3.70. The van der Waals surface area contributed by atoms with Crippen LogP contribution >= 0.6 is 11.3 Å². The number of fused-ring (bicyclic) bond motifs is 1. The summed E-state index contributed by atoms with van der Waals surface area (Å²) in [6.07, 6.45) is 3.72. The number of pyridine rings is 1. The molecule has 0 fully saturated rings. The largest absolute Gasteiger partial charge is 0.367 e. The van der Waals surface area contributed by atoms with E-state index in [1.54, 1.807) is 17.5 Å². The van der Waals surface area contributed by atoms with Gasteiger partial charge in [-0.3, -0.25) is 4.98 Å². The predicted molar refractivity (Wildman–Crippen MR) is 102 cm³/mol. The molecule has 4 heterocycles. The van der Waals surface area contributed by atoms with Crippen LogP contribution in [0.3, 0.4) is 0 Å².